The van der Waals surface area contributed by atoms with Gasteiger partial charge in [0.15, 0.2) is 0 Å². The number of nitrogens with two attached hydrogens (primary N) is 1. The molecule has 0 fully saturated rings. The predicted octanol–water partition coefficient (Wildman–Crippen LogP) is 2.67. The normalized spacial score (nSPS) is 16.9. The molecule has 0 saturated heterocycles. The van der Waals surface area contributed by atoms with Crippen molar-refractivity contribution in [3.8, 4) is 5.75 Å². The Hall–Kier alpha value is -2.33. The van der Waals surface area contributed by atoms with Gasteiger partial charge in [-0.3, -0.25) is 4.68 Å². The van der Waals surface area contributed by atoms with Crippen molar-refractivity contribution < 1.29 is 4.74 Å². The predicted molar refractivity (Wildman–Crippen MR) is 82.3 cm³/mol. The summed E-state index contributed by atoms with van der Waals surface area (Å²) < 4.78 is 7.83. The van der Waals surface area contributed by atoms with E-state index < -0.39 is 0 Å². The van der Waals surface area contributed by atoms with E-state index in [2.05, 4.69) is 34.0 Å². The summed E-state index contributed by atoms with van der Waals surface area (Å²) in [6.07, 6.45) is 0. The molecule has 3 aromatic rings. The van der Waals surface area contributed by atoms with E-state index in [4.69, 9.17) is 10.5 Å². The average Bonchev–Trinajstić information content (AvgIpc) is 3.10. The summed E-state index contributed by atoms with van der Waals surface area (Å²) in [7, 11) is 0. The third-order valence-corrected chi connectivity index (χ3v) is 4.12. The van der Waals surface area contributed by atoms with Crippen LogP contribution in [0.15, 0.2) is 48.5 Å². The molecule has 1 unspecified atom stereocenters. The molecular formula is C17H17N3O. The maximum absolute atomic E-state index is 5.81. The molecule has 0 spiro atoms. The molecule has 0 aliphatic carbocycles. The molecule has 1 aromatic heterocycles. The molecule has 4 heteroatoms. The van der Waals surface area contributed by atoms with Crippen molar-refractivity contribution in [1.29, 1.82) is 0 Å². The Morgan fingerprint density at radius 2 is 1.95 bits per heavy atom. The Kier molecular flexibility index (Phi) is 2.89. The molecular weight excluding hydrogens is 262 g/mol. The Morgan fingerprint density at radius 1 is 1.14 bits per heavy atom. The minimum absolute atomic E-state index is 0.343. The minimum atomic E-state index is 0.343. The van der Waals surface area contributed by atoms with Crippen molar-refractivity contribution in [1.82, 2.24) is 9.78 Å². The van der Waals surface area contributed by atoms with Crippen molar-refractivity contribution in [3.05, 3.63) is 59.8 Å². The number of fused-ring (bicyclic) bond motifs is 2. The first kappa shape index (κ1) is 12.4. The van der Waals surface area contributed by atoms with Gasteiger partial charge in [0.25, 0.3) is 0 Å². The van der Waals surface area contributed by atoms with Gasteiger partial charge in [-0.2, -0.15) is 5.10 Å². The lowest BCUT2D eigenvalue weighted by Gasteiger charge is -2.10. The molecule has 4 nitrogen and oxygen atoms in total. The molecule has 1 aliphatic heterocycles. The summed E-state index contributed by atoms with van der Waals surface area (Å²) in [5.74, 6) is 1.34. The lowest BCUT2D eigenvalue weighted by molar-refractivity contribution is 0.316. The van der Waals surface area contributed by atoms with Crippen LogP contribution in [0.4, 0.5) is 0 Å². The summed E-state index contributed by atoms with van der Waals surface area (Å²) in [6, 6.07) is 16.5. The summed E-state index contributed by atoms with van der Waals surface area (Å²) in [5, 5.41) is 5.83. The van der Waals surface area contributed by atoms with Crippen molar-refractivity contribution in [2.75, 3.05) is 6.61 Å². The third-order valence-electron chi connectivity index (χ3n) is 4.12. The third kappa shape index (κ3) is 1.99. The van der Waals surface area contributed by atoms with Crippen LogP contribution in [0.2, 0.25) is 0 Å². The fourth-order valence-corrected chi connectivity index (χ4v) is 3.08. The van der Waals surface area contributed by atoms with Crippen LogP contribution in [-0.4, -0.2) is 16.4 Å². The number of para-hydroxylation sites is 2. The van der Waals surface area contributed by atoms with E-state index in [1.165, 1.54) is 5.56 Å². The summed E-state index contributed by atoms with van der Waals surface area (Å²) in [4.78, 5) is 0. The topological polar surface area (TPSA) is 53.1 Å². The van der Waals surface area contributed by atoms with E-state index >= 15 is 0 Å². The number of hydrogen-bond acceptors (Lipinski definition) is 3. The number of aromatic nitrogens is 2. The monoisotopic (exact) mass is 279 g/mol. The molecule has 106 valence electrons. The van der Waals surface area contributed by atoms with Crippen LogP contribution in [0.1, 0.15) is 17.2 Å². The Labute approximate surface area is 123 Å². The van der Waals surface area contributed by atoms with Crippen molar-refractivity contribution >= 4 is 10.9 Å². The highest BCUT2D eigenvalue weighted by Crippen LogP contribution is 2.35. The second kappa shape index (κ2) is 4.90. The van der Waals surface area contributed by atoms with Gasteiger partial charge in [-0.05, 0) is 12.1 Å². The fourth-order valence-electron chi connectivity index (χ4n) is 3.08. The van der Waals surface area contributed by atoms with Crippen LogP contribution >= 0.6 is 0 Å². The number of rotatable bonds is 3. The van der Waals surface area contributed by atoms with E-state index in [0.717, 1.165) is 28.9 Å². The second-order valence-electron chi connectivity index (χ2n) is 5.40. The molecule has 0 bridgehead atoms. The van der Waals surface area contributed by atoms with E-state index in [0.29, 0.717) is 19.1 Å². The summed E-state index contributed by atoms with van der Waals surface area (Å²) in [5.41, 5.74) is 9.18. The van der Waals surface area contributed by atoms with Crippen molar-refractivity contribution in [2.24, 2.45) is 5.73 Å². The van der Waals surface area contributed by atoms with Gasteiger partial charge in [0.2, 0.25) is 0 Å². The highest BCUT2D eigenvalue weighted by molar-refractivity contribution is 5.81. The van der Waals surface area contributed by atoms with Gasteiger partial charge in [-0.15, -0.1) is 0 Å². The first-order chi connectivity index (χ1) is 10.4. The lowest BCUT2D eigenvalue weighted by Crippen LogP contribution is -2.12. The Morgan fingerprint density at radius 3 is 2.86 bits per heavy atom. The largest absolute Gasteiger partial charge is 0.493 e. The zero-order valence-electron chi connectivity index (χ0n) is 11.7. The quantitative estimate of drug-likeness (QED) is 0.802. The van der Waals surface area contributed by atoms with Gasteiger partial charge in [0.05, 0.1) is 24.4 Å². The number of ether oxygens (including phenoxy) is 1. The highest BCUT2D eigenvalue weighted by atomic mass is 16.5. The standard InChI is InChI=1S/C17H17N3O/c18-9-15-14-6-1-3-7-16(14)20(19-15)10-12-11-21-17-8-4-2-5-13(12)17/h1-8,12H,9-11,18H2. The maximum atomic E-state index is 5.81. The van der Waals surface area contributed by atoms with E-state index in [9.17, 15) is 0 Å². The summed E-state index contributed by atoms with van der Waals surface area (Å²) in [6.45, 7) is 1.99. The van der Waals surface area contributed by atoms with Crippen molar-refractivity contribution in [2.45, 2.75) is 19.0 Å². The molecule has 4 rings (SSSR count). The Bertz CT molecular complexity index is 794. The number of benzene rings is 2. The first-order valence-electron chi connectivity index (χ1n) is 7.23. The first-order valence-corrected chi connectivity index (χ1v) is 7.23. The number of nitrogens with zero attached hydrogens (tertiary/aromatic N) is 2. The Balaban J connectivity index is 1.73. The van der Waals surface area contributed by atoms with Gasteiger partial charge in [-0.25, -0.2) is 0 Å². The molecule has 0 amide bonds. The molecule has 2 aromatic carbocycles. The van der Waals surface area contributed by atoms with Gasteiger partial charge in [0, 0.05) is 23.4 Å². The van der Waals surface area contributed by atoms with E-state index in [1.54, 1.807) is 0 Å². The van der Waals surface area contributed by atoms with E-state index in [-0.39, 0.29) is 0 Å². The van der Waals surface area contributed by atoms with Crippen LogP contribution in [0, 0.1) is 0 Å². The van der Waals surface area contributed by atoms with Gasteiger partial charge >= 0.3 is 0 Å². The van der Waals surface area contributed by atoms with Gasteiger partial charge in [-0.1, -0.05) is 36.4 Å². The zero-order valence-corrected chi connectivity index (χ0v) is 11.7. The lowest BCUT2D eigenvalue weighted by atomic mass is 10.0. The molecule has 0 saturated carbocycles. The smallest absolute Gasteiger partial charge is 0.122 e. The molecule has 2 heterocycles. The summed E-state index contributed by atoms with van der Waals surface area (Å²) >= 11 is 0. The highest BCUT2D eigenvalue weighted by Gasteiger charge is 2.25. The van der Waals surface area contributed by atoms with E-state index in [1.807, 2.05) is 24.3 Å². The van der Waals surface area contributed by atoms with Crippen LogP contribution in [0.3, 0.4) is 0 Å². The van der Waals surface area contributed by atoms with Crippen LogP contribution < -0.4 is 10.5 Å². The number of hydrogen-bond donors (Lipinski definition) is 1. The second-order valence-corrected chi connectivity index (χ2v) is 5.40. The van der Waals surface area contributed by atoms with Crippen LogP contribution in [0.25, 0.3) is 10.9 Å². The molecule has 0 radical (unpaired) electrons. The molecule has 21 heavy (non-hydrogen) atoms. The SMILES string of the molecule is NCc1nn(CC2COc3ccccc32)c2ccccc12. The fraction of sp³-hybridized carbons (Fsp3) is 0.235. The minimum Gasteiger partial charge on any atom is -0.493 e. The molecule has 1 aliphatic rings. The van der Waals surface area contributed by atoms with Crippen LogP contribution in [0.5, 0.6) is 5.75 Å². The van der Waals surface area contributed by atoms with Crippen LogP contribution in [-0.2, 0) is 13.1 Å². The molecule has 2 N–H and O–H groups in total. The molecule has 1 atom stereocenters. The average molecular weight is 279 g/mol. The maximum Gasteiger partial charge on any atom is 0.122 e. The van der Waals surface area contributed by atoms with Crippen molar-refractivity contribution in [3.63, 3.8) is 0 Å². The van der Waals surface area contributed by atoms with Gasteiger partial charge < -0.3 is 10.5 Å². The zero-order chi connectivity index (χ0) is 14.2. The van der Waals surface area contributed by atoms with Gasteiger partial charge in [0.1, 0.15) is 5.75 Å².